The number of benzene rings is 5. The van der Waals surface area contributed by atoms with E-state index in [-0.39, 0.29) is 24.8 Å². The molecule has 2 heterocycles. The number of anilines is 1. The summed E-state index contributed by atoms with van der Waals surface area (Å²) in [6.45, 7) is 0.976. The first-order valence-corrected chi connectivity index (χ1v) is 16.0. The van der Waals surface area contributed by atoms with Crippen LogP contribution in [0.25, 0.3) is 11.0 Å². The van der Waals surface area contributed by atoms with E-state index in [1.807, 2.05) is 116 Å². The summed E-state index contributed by atoms with van der Waals surface area (Å²) in [6.07, 6.45) is 1.62. The van der Waals surface area contributed by atoms with Gasteiger partial charge in [-0.1, -0.05) is 78.9 Å². The maximum Gasteiger partial charge on any atom is 0.319 e. The van der Waals surface area contributed by atoms with Crippen molar-refractivity contribution in [1.29, 1.82) is 0 Å². The number of carbonyl (C=O) groups excluding carboxylic acids is 1. The van der Waals surface area contributed by atoms with Crippen LogP contribution in [0.15, 0.2) is 134 Å². The molecule has 3 N–H and O–H groups in total. The Bertz CT molecular complexity index is 1940. The Labute approximate surface area is 278 Å². The maximum atomic E-state index is 12.6. The normalized spacial score (nSPS) is 17.6. The number of fused-ring (bicyclic) bond motifs is 1. The number of aliphatic hydroxyl groups excluding tert-OH is 1. The third-order valence-electron chi connectivity index (χ3n) is 8.34. The van der Waals surface area contributed by atoms with Crippen molar-refractivity contribution in [1.82, 2.24) is 14.9 Å². The van der Waals surface area contributed by atoms with Crippen molar-refractivity contribution in [3.8, 4) is 11.5 Å². The van der Waals surface area contributed by atoms with E-state index >= 15 is 0 Å². The first-order valence-electron chi connectivity index (χ1n) is 16.0. The van der Waals surface area contributed by atoms with E-state index in [1.54, 1.807) is 12.1 Å². The number of aromatic nitrogens is 2. The number of hydrogen-bond acceptors (Lipinski definition) is 6. The zero-order chi connectivity index (χ0) is 32.7. The molecule has 3 unspecified atom stereocenters. The van der Waals surface area contributed by atoms with Crippen molar-refractivity contribution in [2.45, 2.75) is 44.6 Å². The van der Waals surface area contributed by atoms with E-state index in [0.717, 1.165) is 39.0 Å². The van der Waals surface area contributed by atoms with Crippen LogP contribution < -0.4 is 15.4 Å². The molecule has 0 spiro atoms. The second kappa shape index (κ2) is 14.5. The molecule has 1 saturated heterocycles. The standard InChI is InChI=1S/C39H36N4O5/c44-25-28-12-14-29(15-13-28)37-22-34(24-43-26-41-35-8-4-5-9-36(35)43)47-38(48-37)30-16-10-27(11-17-30)23-40-39(45)42-31-18-20-33(21-19-31)46-32-6-2-1-3-7-32/h1-21,26,34,37-38,44H,22-25H2,(H2,40,42,45). The van der Waals surface area contributed by atoms with E-state index in [2.05, 4.69) is 26.3 Å². The van der Waals surface area contributed by atoms with Gasteiger partial charge in [0.2, 0.25) is 0 Å². The van der Waals surface area contributed by atoms with Gasteiger partial charge in [0.15, 0.2) is 6.29 Å². The van der Waals surface area contributed by atoms with Gasteiger partial charge in [-0.25, -0.2) is 9.78 Å². The van der Waals surface area contributed by atoms with Gasteiger partial charge in [0, 0.05) is 24.2 Å². The van der Waals surface area contributed by atoms with E-state index in [9.17, 15) is 9.90 Å². The van der Waals surface area contributed by atoms with Crippen molar-refractivity contribution in [3.05, 3.63) is 156 Å². The molecule has 9 heteroatoms. The topological polar surface area (TPSA) is 107 Å². The van der Waals surface area contributed by atoms with Crippen LogP contribution in [0.3, 0.4) is 0 Å². The minimum atomic E-state index is -0.583. The first kappa shape index (κ1) is 31.1. The largest absolute Gasteiger partial charge is 0.457 e. The molecular weight excluding hydrogens is 604 g/mol. The minimum Gasteiger partial charge on any atom is -0.457 e. The number of rotatable bonds is 10. The van der Waals surface area contributed by atoms with Gasteiger partial charge in [-0.15, -0.1) is 0 Å². The number of amides is 2. The fourth-order valence-electron chi connectivity index (χ4n) is 5.79. The summed E-state index contributed by atoms with van der Waals surface area (Å²) in [5.41, 5.74) is 6.38. The molecular formula is C39H36N4O5. The van der Waals surface area contributed by atoms with Crippen molar-refractivity contribution in [3.63, 3.8) is 0 Å². The number of imidazole rings is 1. The highest BCUT2D eigenvalue weighted by molar-refractivity contribution is 5.89. The van der Waals surface area contributed by atoms with Crippen LogP contribution in [0.4, 0.5) is 10.5 Å². The Hall–Kier alpha value is -5.48. The van der Waals surface area contributed by atoms with Gasteiger partial charge in [-0.3, -0.25) is 0 Å². The molecule has 48 heavy (non-hydrogen) atoms. The van der Waals surface area contributed by atoms with Crippen LogP contribution in [-0.4, -0.2) is 26.8 Å². The molecule has 9 nitrogen and oxygen atoms in total. The smallest absolute Gasteiger partial charge is 0.319 e. The van der Waals surface area contributed by atoms with Crippen LogP contribution in [-0.2, 0) is 29.2 Å². The molecule has 0 aliphatic carbocycles. The summed E-state index contributed by atoms with van der Waals surface area (Å²) >= 11 is 0. The average molecular weight is 641 g/mol. The van der Waals surface area contributed by atoms with Crippen molar-refractivity contribution >= 4 is 22.8 Å². The zero-order valence-corrected chi connectivity index (χ0v) is 26.2. The summed E-state index contributed by atoms with van der Waals surface area (Å²) in [7, 11) is 0. The van der Waals surface area contributed by atoms with Crippen LogP contribution in [0.2, 0.25) is 0 Å². The van der Waals surface area contributed by atoms with Gasteiger partial charge < -0.3 is 34.5 Å². The first-order chi connectivity index (χ1) is 23.6. The van der Waals surface area contributed by atoms with Crippen LogP contribution >= 0.6 is 0 Å². The Kier molecular flexibility index (Phi) is 9.42. The summed E-state index contributed by atoms with van der Waals surface area (Å²) in [4.78, 5) is 17.2. The Balaban J connectivity index is 0.983. The predicted octanol–water partition coefficient (Wildman–Crippen LogP) is 7.89. The predicted molar refractivity (Wildman–Crippen MR) is 183 cm³/mol. The van der Waals surface area contributed by atoms with E-state index in [1.165, 1.54) is 0 Å². The number of ether oxygens (including phenoxy) is 3. The summed E-state index contributed by atoms with van der Waals surface area (Å²) in [6, 6.07) is 40.3. The lowest BCUT2D eigenvalue weighted by atomic mass is 9.99. The van der Waals surface area contributed by atoms with Crippen molar-refractivity contribution < 1.29 is 24.1 Å². The molecule has 1 aliphatic heterocycles. The van der Waals surface area contributed by atoms with E-state index in [0.29, 0.717) is 30.9 Å². The van der Waals surface area contributed by atoms with Gasteiger partial charge in [-0.2, -0.15) is 0 Å². The third-order valence-corrected chi connectivity index (χ3v) is 8.34. The molecule has 0 saturated carbocycles. The number of nitrogens with one attached hydrogen (secondary N) is 2. The number of para-hydroxylation sites is 3. The second-order valence-corrected chi connectivity index (χ2v) is 11.7. The molecule has 242 valence electrons. The van der Waals surface area contributed by atoms with E-state index < -0.39 is 6.29 Å². The SMILES string of the molecule is O=C(NCc1ccc(C2OC(Cn3cnc4ccccc43)CC(c3ccc(CO)cc3)O2)cc1)Nc1ccc(Oc2ccccc2)cc1. The number of urea groups is 1. The van der Waals surface area contributed by atoms with Gasteiger partial charge >= 0.3 is 6.03 Å². The minimum absolute atomic E-state index is 0.00551. The van der Waals surface area contributed by atoms with Crippen LogP contribution in [0, 0.1) is 0 Å². The fourth-order valence-corrected chi connectivity index (χ4v) is 5.79. The molecule has 1 aromatic heterocycles. The van der Waals surface area contributed by atoms with E-state index in [4.69, 9.17) is 14.2 Å². The second-order valence-electron chi connectivity index (χ2n) is 11.7. The van der Waals surface area contributed by atoms with Crippen molar-refractivity contribution in [2.75, 3.05) is 5.32 Å². The lowest BCUT2D eigenvalue weighted by molar-refractivity contribution is -0.252. The molecule has 2 amide bonds. The summed E-state index contributed by atoms with van der Waals surface area (Å²) in [5, 5.41) is 15.3. The van der Waals surface area contributed by atoms with Crippen molar-refractivity contribution in [2.24, 2.45) is 0 Å². The molecule has 3 atom stereocenters. The summed E-state index contributed by atoms with van der Waals surface area (Å²) in [5.74, 6) is 1.44. The Morgan fingerprint density at radius 1 is 0.792 bits per heavy atom. The molecule has 5 aromatic carbocycles. The summed E-state index contributed by atoms with van der Waals surface area (Å²) < 4.78 is 21.0. The molecule has 0 radical (unpaired) electrons. The van der Waals surface area contributed by atoms with Crippen LogP contribution in [0.5, 0.6) is 11.5 Å². The molecule has 0 bridgehead atoms. The average Bonchev–Trinajstić information content (AvgIpc) is 3.54. The van der Waals surface area contributed by atoms with Crippen LogP contribution in [0.1, 0.15) is 41.1 Å². The lowest BCUT2D eigenvalue weighted by Crippen LogP contribution is -2.32. The molecule has 6 aromatic rings. The Morgan fingerprint density at radius 2 is 1.48 bits per heavy atom. The highest BCUT2D eigenvalue weighted by Crippen LogP contribution is 2.38. The lowest BCUT2D eigenvalue weighted by Gasteiger charge is -2.36. The van der Waals surface area contributed by atoms with Gasteiger partial charge in [0.25, 0.3) is 0 Å². The van der Waals surface area contributed by atoms with Gasteiger partial charge in [0.05, 0.1) is 42.7 Å². The fraction of sp³-hybridized carbons (Fsp3) is 0.179. The molecule has 1 fully saturated rings. The van der Waals surface area contributed by atoms with Gasteiger partial charge in [0.1, 0.15) is 11.5 Å². The third kappa shape index (κ3) is 7.56. The highest BCUT2D eigenvalue weighted by Gasteiger charge is 2.32. The van der Waals surface area contributed by atoms with Gasteiger partial charge in [-0.05, 0) is 65.2 Å². The Morgan fingerprint density at radius 3 is 2.25 bits per heavy atom. The molecule has 7 rings (SSSR count). The number of aliphatic hydroxyl groups is 1. The number of nitrogens with zero attached hydrogens (tertiary/aromatic N) is 2. The highest BCUT2D eigenvalue weighted by atomic mass is 16.7. The molecule has 1 aliphatic rings. The monoisotopic (exact) mass is 640 g/mol. The quantitative estimate of drug-likeness (QED) is 0.141. The zero-order valence-electron chi connectivity index (χ0n) is 26.2. The number of carbonyl (C=O) groups is 1. The number of hydrogen-bond donors (Lipinski definition) is 3. The maximum absolute atomic E-state index is 12.6.